The predicted octanol–water partition coefficient (Wildman–Crippen LogP) is 2.72. The topological polar surface area (TPSA) is 25.2 Å². The van der Waals surface area contributed by atoms with Gasteiger partial charge in [-0.15, -0.1) is 0 Å². The lowest BCUT2D eigenvalue weighted by Gasteiger charge is -2.04. The molecular weight excluding hydrogens is 198 g/mol. The quantitative estimate of drug-likeness (QED) is 0.840. The zero-order chi connectivity index (χ0) is 11.7. The minimum Gasteiger partial charge on any atom is -0.396 e. The highest BCUT2D eigenvalue weighted by Gasteiger charge is 2.09. The molecule has 0 aliphatic carbocycles. The summed E-state index contributed by atoms with van der Waals surface area (Å²) in [5.41, 5.74) is 5.36. The fraction of sp³-hybridized carbons (Fsp3) is 0.429. The zero-order valence-electron chi connectivity index (χ0n) is 10.2. The number of hydrogen-bond acceptors (Lipinski definition) is 1. The summed E-state index contributed by atoms with van der Waals surface area (Å²) in [6, 6.07) is 4.38. The summed E-state index contributed by atoms with van der Waals surface area (Å²) in [5, 5.41) is 10.2. The lowest BCUT2D eigenvalue weighted by Crippen LogP contribution is -1.89. The standard InChI is InChI=1S/C14H19NO/c1-10-6-7-13-12(5-4-8-16)9-15(3)14(13)11(10)2/h6-7,9,16H,4-5,8H2,1-3H3. The molecule has 0 bridgehead atoms. The van der Waals surface area contributed by atoms with Crippen molar-refractivity contribution in [2.24, 2.45) is 7.05 Å². The normalized spacial score (nSPS) is 11.2. The Hall–Kier alpha value is -1.28. The van der Waals surface area contributed by atoms with Gasteiger partial charge in [0.15, 0.2) is 0 Å². The number of fused-ring (bicyclic) bond motifs is 1. The van der Waals surface area contributed by atoms with Crippen LogP contribution in [0.2, 0.25) is 0 Å². The molecule has 0 spiro atoms. The van der Waals surface area contributed by atoms with E-state index in [4.69, 9.17) is 5.11 Å². The maximum Gasteiger partial charge on any atom is 0.0512 e. The van der Waals surface area contributed by atoms with Crippen LogP contribution in [0, 0.1) is 13.8 Å². The second-order valence-electron chi connectivity index (χ2n) is 4.50. The molecule has 1 N–H and O–H groups in total. The molecule has 0 radical (unpaired) electrons. The molecule has 0 saturated carbocycles. The van der Waals surface area contributed by atoms with Gasteiger partial charge in [0.2, 0.25) is 0 Å². The molecular formula is C14H19NO. The molecule has 0 saturated heterocycles. The number of aryl methyl sites for hydroxylation is 4. The van der Waals surface area contributed by atoms with Crippen molar-refractivity contribution in [2.45, 2.75) is 26.7 Å². The molecule has 1 heterocycles. The lowest BCUT2D eigenvalue weighted by molar-refractivity contribution is 0.288. The Morgan fingerprint density at radius 1 is 1.25 bits per heavy atom. The maximum absolute atomic E-state index is 8.90. The smallest absolute Gasteiger partial charge is 0.0512 e. The largest absolute Gasteiger partial charge is 0.396 e. The van der Waals surface area contributed by atoms with Crippen LogP contribution in [0.25, 0.3) is 10.9 Å². The van der Waals surface area contributed by atoms with E-state index < -0.39 is 0 Å². The second kappa shape index (κ2) is 4.30. The van der Waals surface area contributed by atoms with Gasteiger partial charge in [-0.05, 0) is 43.4 Å². The second-order valence-corrected chi connectivity index (χ2v) is 4.50. The van der Waals surface area contributed by atoms with Crippen LogP contribution in [0.1, 0.15) is 23.1 Å². The Morgan fingerprint density at radius 2 is 2.00 bits per heavy atom. The van der Waals surface area contributed by atoms with Crippen LogP contribution in [0.3, 0.4) is 0 Å². The molecule has 2 nitrogen and oxygen atoms in total. The summed E-state index contributed by atoms with van der Waals surface area (Å²) in [4.78, 5) is 0. The monoisotopic (exact) mass is 217 g/mol. The first kappa shape index (κ1) is 11.2. The van der Waals surface area contributed by atoms with Gasteiger partial charge >= 0.3 is 0 Å². The van der Waals surface area contributed by atoms with Crippen molar-refractivity contribution in [1.82, 2.24) is 4.57 Å². The van der Waals surface area contributed by atoms with E-state index in [0.717, 1.165) is 12.8 Å². The summed E-state index contributed by atoms with van der Waals surface area (Å²) in [6.45, 7) is 4.59. The van der Waals surface area contributed by atoms with Gasteiger partial charge < -0.3 is 9.67 Å². The summed E-state index contributed by atoms with van der Waals surface area (Å²) >= 11 is 0. The summed E-state index contributed by atoms with van der Waals surface area (Å²) in [6.07, 6.45) is 3.98. The molecule has 1 aromatic carbocycles. The Kier molecular flexibility index (Phi) is 3.01. The van der Waals surface area contributed by atoms with Crippen LogP contribution in [0.15, 0.2) is 18.3 Å². The van der Waals surface area contributed by atoms with E-state index in [9.17, 15) is 0 Å². The van der Waals surface area contributed by atoms with E-state index in [0.29, 0.717) is 0 Å². The Labute approximate surface area is 96.5 Å². The number of rotatable bonds is 3. The average Bonchev–Trinajstić information content (AvgIpc) is 2.58. The van der Waals surface area contributed by atoms with Crippen molar-refractivity contribution in [3.05, 3.63) is 35.0 Å². The number of aliphatic hydroxyl groups is 1. The van der Waals surface area contributed by atoms with Crippen molar-refractivity contribution in [2.75, 3.05) is 6.61 Å². The SMILES string of the molecule is Cc1ccc2c(CCCO)cn(C)c2c1C. The van der Waals surface area contributed by atoms with Crippen molar-refractivity contribution in [1.29, 1.82) is 0 Å². The molecule has 0 aliphatic heterocycles. The minimum atomic E-state index is 0.265. The van der Waals surface area contributed by atoms with Crippen LogP contribution in [0.5, 0.6) is 0 Å². The highest BCUT2D eigenvalue weighted by Crippen LogP contribution is 2.26. The third kappa shape index (κ3) is 1.74. The fourth-order valence-corrected chi connectivity index (χ4v) is 2.35. The number of nitrogens with zero attached hydrogens (tertiary/aromatic N) is 1. The van der Waals surface area contributed by atoms with Crippen molar-refractivity contribution < 1.29 is 5.11 Å². The first-order chi connectivity index (χ1) is 7.65. The Balaban J connectivity index is 2.58. The first-order valence-electron chi connectivity index (χ1n) is 5.80. The van der Waals surface area contributed by atoms with Gasteiger partial charge in [0.05, 0.1) is 5.52 Å². The predicted molar refractivity (Wildman–Crippen MR) is 67.8 cm³/mol. The zero-order valence-corrected chi connectivity index (χ0v) is 10.2. The molecule has 2 heteroatoms. The molecule has 16 heavy (non-hydrogen) atoms. The van der Waals surface area contributed by atoms with Gasteiger partial charge in [-0.2, -0.15) is 0 Å². The molecule has 1 aromatic heterocycles. The number of aliphatic hydroxyl groups excluding tert-OH is 1. The van der Waals surface area contributed by atoms with Gasteiger partial charge in [0, 0.05) is 25.2 Å². The van der Waals surface area contributed by atoms with Crippen molar-refractivity contribution in [3.8, 4) is 0 Å². The maximum atomic E-state index is 8.90. The number of hydrogen-bond donors (Lipinski definition) is 1. The molecule has 0 fully saturated rings. The molecule has 0 amide bonds. The number of aromatic nitrogens is 1. The van der Waals surface area contributed by atoms with E-state index >= 15 is 0 Å². The van der Waals surface area contributed by atoms with E-state index in [-0.39, 0.29) is 6.61 Å². The highest BCUT2D eigenvalue weighted by atomic mass is 16.2. The van der Waals surface area contributed by atoms with Gasteiger partial charge in [-0.25, -0.2) is 0 Å². The van der Waals surface area contributed by atoms with E-state index in [1.54, 1.807) is 0 Å². The Morgan fingerprint density at radius 3 is 2.69 bits per heavy atom. The molecule has 2 aromatic rings. The minimum absolute atomic E-state index is 0.265. The van der Waals surface area contributed by atoms with E-state index in [2.05, 4.69) is 43.8 Å². The van der Waals surface area contributed by atoms with Gasteiger partial charge in [-0.3, -0.25) is 0 Å². The summed E-state index contributed by atoms with van der Waals surface area (Å²) in [7, 11) is 2.09. The van der Waals surface area contributed by atoms with Crippen LogP contribution < -0.4 is 0 Å². The third-order valence-corrected chi connectivity index (χ3v) is 3.35. The van der Waals surface area contributed by atoms with Gasteiger partial charge in [0.1, 0.15) is 0 Å². The van der Waals surface area contributed by atoms with Gasteiger partial charge in [0.25, 0.3) is 0 Å². The Bertz CT molecular complexity index is 511. The summed E-state index contributed by atoms with van der Waals surface area (Å²) in [5.74, 6) is 0. The van der Waals surface area contributed by atoms with Crippen LogP contribution >= 0.6 is 0 Å². The van der Waals surface area contributed by atoms with Crippen molar-refractivity contribution >= 4 is 10.9 Å². The average molecular weight is 217 g/mol. The first-order valence-corrected chi connectivity index (χ1v) is 5.80. The van der Waals surface area contributed by atoms with Crippen LogP contribution in [0.4, 0.5) is 0 Å². The van der Waals surface area contributed by atoms with E-state index in [1.165, 1.54) is 27.6 Å². The van der Waals surface area contributed by atoms with E-state index in [1.807, 2.05) is 0 Å². The highest BCUT2D eigenvalue weighted by molar-refractivity contribution is 5.87. The fourth-order valence-electron chi connectivity index (χ4n) is 2.35. The van der Waals surface area contributed by atoms with Crippen molar-refractivity contribution in [3.63, 3.8) is 0 Å². The molecule has 86 valence electrons. The third-order valence-electron chi connectivity index (χ3n) is 3.35. The molecule has 0 aliphatic rings. The van der Waals surface area contributed by atoms with Gasteiger partial charge in [-0.1, -0.05) is 12.1 Å². The van der Waals surface area contributed by atoms with Crippen LogP contribution in [-0.2, 0) is 13.5 Å². The van der Waals surface area contributed by atoms with Crippen LogP contribution in [-0.4, -0.2) is 16.3 Å². The molecule has 0 unspecified atom stereocenters. The lowest BCUT2D eigenvalue weighted by atomic mass is 10.0. The molecule has 2 rings (SSSR count). The summed E-state index contributed by atoms with van der Waals surface area (Å²) < 4.78 is 2.20. The number of benzene rings is 1. The molecule has 0 atom stereocenters.